The number of benzene rings is 2. The van der Waals surface area contributed by atoms with E-state index in [0.29, 0.717) is 5.84 Å². The summed E-state index contributed by atoms with van der Waals surface area (Å²) < 4.78 is 8.78. The number of oxazole rings is 1. The molecule has 0 saturated carbocycles. The average Bonchev–Trinajstić information content (AvgIpc) is 2.83. The lowest BCUT2D eigenvalue weighted by atomic mass is 10.3. The van der Waals surface area contributed by atoms with Crippen molar-refractivity contribution in [3.63, 3.8) is 0 Å². The fourth-order valence-electron chi connectivity index (χ4n) is 2.16. The number of rotatable bonds is 0. The molecule has 0 amide bonds. The van der Waals surface area contributed by atoms with Gasteiger partial charge in [-0.1, -0.05) is 28.1 Å². The first-order valence-corrected chi connectivity index (χ1v) is 6.07. The predicted octanol–water partition coefficient (Wildman–Crippen LogP) is 4.00. The van der Waals surface area contributed by atoms with Crippen LogP contribution in [-0.4, -0.2) is 9.38 Å². The summed E-state index contributed by atoms with van der Waals surface area (Å²) in [7, 11) is 0. The molecule has 0 N–H and O–H groups in total. The molecule has 82 valence electrons. The summed E-state index contributed by atoms with van der Waals surface area (Å²) in [5.74, 6) is 0.638. The van der Waals surface area contributed by atoms with Crippen molar-refractivity contribution < 1.29 is 4.42 Å². The highest BCUT2D eigenvalue weighted by Gasteiger charge is 2.11. The molecule has 2 heterocycles. The standard InChI is InChI=1S/C13H7BrN2O/c14-8-5-6-10-9(7-8)15-13-16(10)11-3-1-2-4-12(11)17-13/h1-7H. The third kappa shape index (κ3) is 1.18. The molecular weight excluding hydrogens is 280 g/mol. The van der Waals surface area contributed by atoms with Gasteiger partial charge in [-0.15, -0.1) is 0 Å². The fourth-order valence-corrected chi connectivity index (χ4v) is 2.51. The Morgan fingerprint density at radius 1 is 1.06 bits per heavy atom. The zero-order chi connectivity index (χ0) is 11.4. The highest BCUT2D eigenvalue weighted by atomic mass is 79.9. The van der Waals surface area contributed by atoms with Crippen molar-refractivity contribution in [2.24, 2.45) is 0 Å². The lowest BCUT2D eigenvalue weighted by Gasteiger charge is -1.93. The van der Waals surface area contributed by atoms with Crippen LogP contribution < -0.4 is 0 Å². The molecule has 4 aromatic rings. The smallest absolute Gasteiger partial charge is 0.307 e. The minimum atomic E-state index is 0.638. The fraction of sp³-hybridized carbons (Fsp3) is 0. The summed E-state index contributed by atoms with van der Waals surface area (Å²) in [5.41, 5.74) is 3.91. The van der Waals surface area contributed by atoms with E-state index in [0.717, 1.165) is 26.6 Å². The van der Waals surface area contributed by atoms with E-state index in [9.17, 15) is 0 Å². The van der Waals surface area contributed by atoms with E-state index in [-0.39, 0.29) is 0 Å². The lowest BCUT2D eigenvalue weighted by Crippen LogP contribution is -1.79. The summed E-state index contributed by atoms with van der Waals surface area (Å²) in [5, 5.41) is 0. The highest BCUT2D eigenvalue weighted by Crippen LogP contribution is 2.26. The van der Waals surface area contributed by atoms with Crippen LogP contribution in [0.5, 0.6) is 0 Å². The maximum absolute atomic E-state index is 5.71. The molecule has 0 aliphatic carbocycles. The van der Waals surface area contributed by atoms with Crippen molar-refractivity contribution in [1.82, 2.24) is 9.38 Å². The number of fused-ring (bicyclic) bond motifs is 5. The number of halogens is 1. The van der Waals surface area contributed by atoms with Gasteiger partial charge < -0.3 is 4.42 Å². The largest absolute Gasteiger partial charge is 0.423 e. The minimum absolute atomic E-state index is 0.638. The average molecular weight is 287 g/mol. The second-order valence-electron chi connectivity index (χ2n) is 3.93. The van der Waals surface area contributed by atoms with Gasteiger partial charge in [-0.3, -0.25) is 4.40 Å². The van der Waals surface area contributed by atoms with Crippen LogP contribution in [-0.2, 0) is 0 Å². The number of aromatic nitrogens is 2. The van der Waals surface area contributed by atoms with Crippen molar-refractivity contribution in [2.45, 2.75) is 0 Å². The van der Waals surface area contributed by atoms with Gasteiger partial charge in [0.25, 0.3) is 0 Å². The van der Waals surface area contributed by atoms with Crippen molar-refractivity contribution in [3.8, 4) is 0 Å². The van der Waals surface area contributed by atoms with E-state index in [4.69, 9.17) is 4.42 Å². The van der Waals surface area contributed by atoms with Gasteiger partial charge in [0.2, 0.25) is 0 Å². The van der Waals surface area contributed by atoms with Crippen LogP contribution >= 0.6 is 15.9 Å². The third-order valence-corrected chi connectivity index (χ3v) is 3.39. The molecule has 0 unspecified atom stereocenters. The van der Waals surface area contributed by atoms with Gasteiger partial charge in [0.05, 0.1) is 16.6 Å². The third-order valence-electron chi connectivity index (χ3n) is 2.89. The summed E-state index contributed by atoms with van der Waals surface area (Å²) in [6, 6.07) is 14.0. The van der Waals surface area contributed by atoms with Crippen molar-refractivity contribution >= 4 is 43.9 Å². The molecule has 0 aliphatic heterocycles. The zero-order valence-corrected chi connectivity index (χ0v) is 10.3. The summed E-state index contributed by atoms with van der Waals surface area (Å²) >= 11 is 3.45. The molecular formula is C13H7BrN2O. The van der Waals surface area contributed by atoms with Crippen LogP contribution in [0.3, 0.4) is 0 Å². The molecule has 4 rings (SSSR count). The Morgan fingerprint density at radius 2 is 1.94 bits per heavy atom. The van der Waals surface area contributed by atoms with Gasteiger partial charge in [-0.2, -0.15) is 4.98 Å². The van der Waals surface area contributed by atoms with E-state index < -0.39 is 0 Å². The van der Waals surface area contributed by atoms with Crippen LogP contribution in [0.4, 0.5) is 0 Å². The van der Waals surface area contributed by atoms with E-state index >= 15 is 0 Å². The number of hydrogen-bond donors (Lipinski definition) is 0. The van der Waals surface area contributed by atoms with Crippen molar-refractivity contribution in [3.05, 3.63) is 46.9 Å². The molecule has 4 heteroatoms. The summed E-state index contributed by atoms with van der Waals surface area (Å²) in [6.45, 7) is 0. The number of hydrogen-bond acceptors (Lipinski definition) is 2. The molecule has 0 atom stereocenters. The number of nitrogens with zero attached hydrogens (tertiary/aromatic N) is 2. The lowest BCUT2D eigenvalue weighted by molar-refractivity contribution is 0.643. The minimum Gasteiger partial charge on any atom is -0.423 e. The van der Waals surface area contributed by atoms with Gasteiger partial charge >= 0.3 is 5.84 Å². The quantitative estimate of drug-likeness (QED) is 0.489. The van der Waals surface area contributed by atoms with Crippen LogP contribution in [0.15, 0.2) is 51.4 Å². The molecule has 2 aromatic heterocycles. The van der Waals surface area contributed by atoms with Crippen molar-refractivity contribution in [2.75, 3.05) is 0 Å². The first kappa shape index (κ1) is 9.24. The number of para-hydroxylation sites is 2. The molecule has 3 nitrogen and oxygen atoms in total. The SMILES string of the molecule is Brc1ccc2c(c1)nc1oc3ccccc3n12. The maximum Gasteiger partial charge on any atom is 0.307 e. The first-order valence-electron chi connectivity index (χ1n) is 5.28. The predicted molar refractivity (Wildman–Crippen MR) is 70.2 cm³/mol. The van der Waals surface area contributed by atoms with E-state index in [1.54, 1.807) is 0 Å². The van der Waals surface area contributed by atoms with Gasteiger partial charge in [-0.25, -0.2) is 0 Å². The van der Waals surface area contributed by atoms with Gasteiger partial charge in [0, 0.05) is 4.47 Å². The Labute approximate surface area is 105 Å². The normalized spacial score (nSPS) is 11.8. The van der Waals surface area contributed by atoms with Gasteiger partial charge in [0.1, 0.15) is 0 Å². The Bertz CT molecular complexity index is 860. The van der Waals surface area contributed by atoms with Crippen LogP contribution in [0, 0.1) is 0 Å². The van der Waals surface area contributed by atoms with Gasteiger partial charge in [-0.05, 0) is 30.3 Å². The Balaban J connectivity index is 2.31. The summed E-state index contributed by atoms with van der Waals surface area (Å²) in [4.78, 5) is 4.48. The topological polar surface area (TPSA) is 30.4 Å². The molecule has 17 heavy (non-hydrogen) atoms. The molecule has 0 aliphatic rings. The monoisotopic (exact) mass is 286 g/mol. The Morgan fingerprint density at radius 3 is 2.88 bits per heavy atom. The molecule has 0 fully saturated rings. The van der Waals surface area contributed by atoms with Crippen LogP contribution in [0.1, 0.15) is 0 Å². The second-order valence-corrected chi connectivity index (χ2v) is 4.85. The van der Waals surface area contributed by atoms with Crippen LogP contribution in [0.2, 0.25) is 0 Å². The molecule has 0 radical (unpaired) electrons. The maximum atomic E-state index is 5.71. The molecule has 0 bridgehead atoms. The molecule has 0 saturated heterocycles. The number of imidazole rings is 1. The van der Waals surface area contributed by atoms with E-state index in [1.807, 2.05) is 46.9 Å². The van der Waals surface area contributed by atoms with E-state index in [1.165, 1.54) is 0 Å². The molecule has 0 spiro atoms. The second kappa shape index (κ2) is 3.11. The zero-order valence-electron chi connectivity index (χ0n) is 8.72. The van der Waals surface area contributed by atoms with Crippen molar-refractivity contribution in [1.29, 1.82) is 0 Å². The first-order chi connectivity index (χ1) is 8.33. The van der Waals surface area contributed by atoms with E-state index in [2.05, 4.69) is 20.9 Å². The van der Waals surface area contributed by atoms with Gasteiger partial charge in [0.15, 0.2) is 5.58 Å². The highest BCUT2D eigenvalue weighted by molar-refractivity contribution is 9.10. The Hall–Kier alpha value is -1.81. The molecule has 2 aromatic carbocycles. The Kier molecular flexibility index (Phi) is 1.69. The van der Waals surface area contributed by atoms with Crippen LogP contribution in [0.25, 0.3) is 28.0 Å². The summed E-state index contributed by atoms with van der Waals surface area (Å²) in [6.07, 6.45) is 0.